The molecule has 0 bridgehead atoms. The van der Waals surface area contributed by atoms with Crippen molar-refractivity contribution in [1.82, 2.24) is 0 Å². The Morgan fingerprint density at radius 3 is 2.64 bits per heavy atom. The van der Waals surface area contributed by atoms with Gasteiger partial charge in [-0.15, -0.1) is 0 Å². The number of aldehydes is 1. The number of rotatable bonds is 3. The first-order valence-electron chi connectivity index (χ1n) is 4.30. The molecule has 0 N–H and O–H groups in total. The minimum absolute atomic E-state index is 0.00639. The van der Waals surface area contributed by atoms with Gasteiger partial charge in [-0.25, -0.2) is 0 Å². The molecule has 1 rings (SSSR count). The van der Waals surface area contributed by atoms with Gasteiger partial charge in [-0.1, -0.05) is 28.1 Å². The third kappa shape index (κ3) is 2.29. The first-order valence-corrected chi connectivity index (χ1v) is 5.22. The topological polar surface area (TPSA) is 34.1 Å². The molecule has 0 aromatic heterocycles. The Morgan fingerprint density at radius 2 is 2.14 bits per heavy atom. The summed E-state index contributed by atoms with van der Waals surface area (Å²) in [4.78, 5) is 22.0. The highest BCUT2D eigenvalue weighted by Gasteiger charge is 2.12. The van der Waals surface area contributed by atoms with Gasteiger partial charge in [0.25, 0.3) is 0 Å². The van der Waals surface area contributed by atoms with Crippen LogP contribution in [0.1, 0.15) is 33.2 Å². The summed E-state index contributed by atoms with van der Waals surface area (Å²) in [6, 6.07) is 5.15. The number of halogens is 1. The number of ketones is 1. The van der Waals surface area contributed by atoms with Crippen molar-refractivity contribution >= 4 is 28.0 Å². The van der Waals surface area contributed by atoms with E-state index in [9.17, 15) is 9.59 Å². The Hall–Kier alpha value is -0.960. The third-order valence-electron chi connectivity index (χ3n) is 2.05. The molecule has 0 heterocycles. The van der Waals surface area contributed by atoms with Crippen molar-refractivity contribution in [2.75, 3.05) is 0 Å². The van der Waals surface area contributed by atoms with E-state index < -0.39 is 0 Å². The molecule has 0 aliphatic carbocycles. The van der Waals surface area contributed by atoms with E-state index in [0.29, 0.717) is 11.1 Å². The van der Waals surface area contributed by atoms with Crippen molar-refractivity contribution in [3.05, 3.63) is 34.9 Å². The van der Waals surface area contributed by atoms with Gasteiger partial charge in [-0.2, -0.15) is 0 Å². The van der Waals surface area contributed by atoms with Crippen LogP contribution in [-0.4, -0.2) is 16.9 Å². The number of alkyl halides is 1. The van der Waals surface area contributed by atoms with E-state index in [1.807, 2.05) is 6.92 Å². The first kappa shape index (κ1) is 11.1. The van der Waals surface area contributed by atoms with Crippen LogP contribution in [0, 0.1) is 6.92 Å². The molecule has 0 radical (unpaired) electrons. The maximum Gasteiger partial charge on any atom is 0.176 e. The molecule has 74 valence electrons. The second-order valence-corrected chi connectivity index (χ2v) is 4.54. The Balaban J connectivity index is 3.12. The van der Waals surface area contributed by atoms with Gasteiger partial charge in [0.05, 0.1) is 4.83 Å². The van der Waals surface area contributed by atoms with Crippen molar-refractivity contribution in [3.63, 3.8) is 0 Å². The zero-order valence-corrected chi connectivity index (χ0v) is 9.67. The van der Waals surface area contributed by atoms with Crippen molar-refractivity contribution in [1.29, 1.82) is 0 Å². The summed E-state index contributed by atoms with van der Waals surface area (Å²) in [5.74, 6) is -0.00639. The Bertz CT molecular complexity index is 370. The maximum absolute atomic E-state index is 11.6. The van der Waals surface area contributed by atoms with E-state index in [4.69, 9.17) is 0 Å². The summed E-state index contributed by atoms with van der Waals surface area (Å²) >= 11 is 3.20. The zero-order valence-electron chi connectivity index (χ0n) is 8.08. The summed E-state index contributed by atoms with van der Waals surface area (Å²) in [7, 11) is 0. The number of carbonyl (C=O) groups excluding carboxylic acids is 2. The fourth-order valence-electron chi connectivity index (χ4n) is 1.15. The predicted molar refractivity (Wildman–Crippen MR) is 59.3 cm³/mol. The van der Waals surface area contributed by atoms with E-state index in [1.54, 1.807) is 25.1 Å². The van der Waals surface area contributed by atoms with Gasteiger partial charge >= 0.3 is 0 Å². The Kier molecular flexibility index (Phi) is 3.58. The van der Waals surface area contributed by atoms with Gasteiger partial charge in [0.2, 0.25) is 0 Å². The molecule has 0 saturated heterocycles. The molecule has 1 unspecified atom stereocenters. The number of benzene rings is 1. The van der Waals surface area contributed by atoms with E-state index in [0.717, 1.165) is 11.8 Å². The summed E-state index contributed by atoms with van der Waals surface area (Å²) in [5.41, 5.74) is 2.03. The van der Waals surface area contributed by atoms with Crippen LogP contribution in [0.25, 0.3) is 0 Å². The van der Waals surface area contributed by atoms with Crippen LogP contribution in [0.5, 0.6) is 0 Å². The SMILES string of the molecule is Cc1ccc(C(=O)C(C)Br)cc1C=O. The van der Waals surface area contributed by atoms with Gasteiger partial charge in [0.15, 0.2) is 5.78 Å². The molecule has 3 heteroatoms. The molecule has 0 saturated carbocycles. The second-order valence-electron chi connectivity index (χ2n) is 3.17. The van der Waals surface area contributed by atoms with Crippen molar-refractivity contribution in [3.8, 4) is 0 Å². The number of aryl methyl sites for hydroxylation is 1. The first-order chi connectivity index (χ1) is 6.56. The fraction of sp³-hybridized carbons (Fsp3) is 0.273. The van der Waals surface area contributed by atoms with Gasteiger partial charge < -0.3 is 0 Å². The average Bonchev–Trinajstić information content (AvgIpc) is 2.17. The normalized spacial score (nSPS) is 12.2. The number of hydrogen-bond acceptors (Lipinski definition) is 2. The van der Waals surface area contributed by atoms with Crippen LogP contribution >= 0.6 is 15.9 Å². The van der Waals surface area contributed by atoms with Gasteiger partial charge in [-0.05, 0) is 25.5 Å². The minimum Gasteiger partial charge on any atom is -0.298 e. The third-order valence-corrected chi connectivity index (χ3v) is 2.47. The largest absolute Gasteiger partial charge is 0.298 e. The molecule has 14 heavy (non-hydrogen) atoms. The monoisotopic (exact) mass is 254 g/mol. The quantitative estimate of drug-likeness (QED) is 0.472. The average molecular weight is 255 g/mol. The molecule has 2 nitrogen and oxygen atoms in total. The highest BCUT2D eigenvalue weighted by Crippen LogP contribution is 2.13. The van der Waals surface area contributed by atoms with E-state index in [1.165, 1.54) is 0 Å². The van der Waals surface area contributed by atoms with Crippen LogP contribution < -0.4 is 0 Å². The molecule has 1 aromatic rings. The number of hydrogen-bond donors (Lipinski definition) is 0. The molecule has 0 aliphatic heterocycles. The lowest BCUT2D eigenvalue weighted by Gasteiger charge is -2.04. The highest BCUT2D eigenvalue weighted by molar-refractivity contribution is 9.10. The summed E-state index contributed by atoms with van der Waals surface area (Å²) in [5, 5.41) is 0. The van der Waals surface area contributed by atoms with E-state index in [-0.39, 0.29) is 10.6 Å². The Labute approximate surface area is 91.4 Å². The van der Waals surface area contributed by atoms with Gasteiger partial charge in [0, 0.05) is 11.1 Å². The number of Topliss-reactive ketones (excluding diaryl/α,β-unsaturated/α-hetero) is 1. The molecule has 0 amide bonds. The molecular weight excluding hydrogens is 244 g/mol. The van der Waals surface area contributed by atoms with E-state index in [2.05, 4.69) is 15.9 Å². The molecule has 1 aromatic carbocycles. The lowest BCUT2D eigenvalue weighted by molar-refractivity contribution is 0.0996. The van der Waals surface area contributed by atoms with Gasteiger partial charge in [-0.3, -0.25) is 9.59 Å². The van der Waals surface area contributed by atoms with Crippen LogP contribution in [0.2, 0.25) is 0 Å². The van der Waals surface area contributed by atoms with Crippen molar-refractivity contribution < 1.29 is 9.59 Å². The highest BCUT2D eigenvalue weighted by atomic mass is 79.9. The van der Waals surface area contributed by atoms with Gasteiger partial charge in [0.1, 0.15) is 6.29 Å². The van der Waals surface area contributed by atoms with Crippen LogP contribution in [0.3, 0.4) is 0 Å². The molecule has 1 atom stereocenters. The lowest BCUT2D eigenvalue weighted by Crippen LogP contribution is -2.10. The van der Waals surface area contributed by atoms with Crippen LogP contribution in [0.15, 0.2) is 18.2 Å². The van der Waals surface area contributed by atoms with Crippen LogP contribution in [-0.2, 0) is 0 Å². The Morgan fingerprint density at radius 1 is 1.50 bits per heavy atom. The maximum atomic E-state index is 11.6. The molecule has 0 aliphatic rings. The second kappa shape index (κ2) is 4.51. The standard InChI is InChI=1S/C11H11BrO2/c1-7-3-4-9(5-10(7)6-13)11(14)8(2)12/h3-6,8H,1-2H3. The minimum atomic E-state index is -0.218. The number of carbonyl (C=O) groups is 2. The smallest absolute Gasteiger partial charge is 0.176 e. The summed E-state index contributed by atoms with van der Waals surface area (Å²) < 4.78 is 0. The summed E-state index contributed by atoms with van der Waals surface area (Å²) in [6.45, 7) is 3.61. The molecular formula is C11H11BrO2. The van der Waals surface area contributed by atoms with Crippen molar-refractivity contribution in [2.45, 2.75) is 18.7 Å². The predicted octanol–water partition coefficient (Wildman–Crippen LogP) is 2.77. The fourth-order valence-corrected chi connectivity index (χ4v) is 1.41. The lowest BCUT2D eigenvalue weighted by atomic mass is 10.0. The van der Waals surface area contributed by atoms with Crippen molar-refractivity contribution in [2.24, 2.45) is 0 Å². The zero-order chi connectivity index (χ0) is 10.7. The summed E-state index contributed by atoms with van der Waals surface area (Å²) in [6.07, 6.45) is 0.769. The molecule has 0 spiro atoms. The molecule has 0 fully saturated rings. The van der Waals surface area contributed by atoms with E-state index >= 15 is 0 Å². The van der Waals surface area contributed by atoms with Crippen LogP contribution in [0.4, 0.5) is 0 Å².